The summed E-state index contributed by atoms with van der Waals surface area (Å²) < 4.78 is 6.74. The first-order chi connectivity index (χ1) is 6.27. The molecule has 0 bridgehead atoms. The molecular formula is C8H16N4O. The zero-order chi connectivity index (χ0) is 9.68. The average Bonchev–Trinajstić information content (AvgIpc) is 2.54. The molecule has 5 heteroatoms. The van der Waals surface area contributed by atoms with Crippen LogP contribution in [0.25, 0.3) is 0 Å². The van der Waals surface area contributed by atoms with Crippen molar-refractivity contribution in [3.8, 4) is 0 Å². The summed E-state index contributed by atoms with van der Waals surface area (Å²) in [5.74, 6) is 5.41. The summed E-state index contributed by atoms with van der Waals surface area (Å²) in [5.41, 5.74) is 3.82. The summed E-state index contributed by atoms with van der Waals surface area (Å²) in [4.78, 5) is 0. The molecule has 0 spiro atoms. The predicted octanol–water partition coefficient (Wildman–Crippen LogP) is -0.0390. The molecule has 3 N–H and O–H groups in total. The molecule has 1 aromatic rings. The van der Waals surface area contributed by atoms with E-state index in [0.29, 0.717) is 6.61 Å². The highest BCUT2D eigenvalue weighted by atomic mass is 16.5. The van der Waals surface area contributed by atoms with Gasteiger partial charge in [0.1, 0.15) is 0 Å². The highest BCUT2D eigenvalue weighted by Gasteiger charge is 2.10. The van der Waals surface area contributed by atoms with Gasteiger partial charge in [-0.2, -0.15) is 5.10 Å². The summed E-state index contributed by atoms with van der Waals surface area (Å²) in [5, 5.41) is 4.07. The number of hydrogen-bond donors (Lipinski definition) is 2. The molecule has 0 amide bonds. The Morgan fingerprint density at radius 1 is 1.77 bits per heavy atom. The highest BCUT2D eigenvalue weighted by Crippen LogP contribution is 2.14. The van der Waals surface area contributed by atoms with E-state index in [1.165, 1.54) is 0 Å². The third kappa shape index (κ3) is 2.80. The van der Waals surface area contributed by atoms with Gasteiger partial charge in [-0.1, -0.05) is 0 Å². The Labute approximate surface area is 77.8 Å². The molecule has 1 atom stereocenters. The molecule has 0 aliphatic heterocycles. The zero-order valence-corrected chi connectivity index (χ0v) is 8.03. The van der Waals surface area contributed by atoms with Gasteiger partial charge in [0.2, 0.25) is 0 Å². The molecule has 0 saturated carbocycles. The number of rotatable bonds is 5. The van der Waals surface area contributed by atoms with Crippen molar-refractivity contribution in [2.75, 3.05) is 13.7 Å². The maximum atomic E-state index is 5.41. The molecule has 1 unspecified atom stereocenters. The first-order valence-electron chi connectivity index (χ1n) is 4.21. The summed E-state index contributed by atoms with van der Waals surface area (Å²) in [6.45, 7) is 0.684. The molecule has 0 aromatic carbocycles. The third-order valence-electron chi connectivity index (χ3n) is 1.94. The lowest BCUT2D eigenvalue weighted by Gasteiger charge is -2.12. The van der Waals surface area contributed by atoms with Crippen LogP contribution in [-0.4, -0.2) is 23.5 Å². The first-order valence-corrected chi connectivity index (χ1v) is 4.21. The van der Waals surface area contributed by atoms with Crippen molar-refractivity contribution in [3.63, 3.8) is 0 Å². The number of hydrazine groups is 1. The Hall–Kier alpha value is -0.910. The molecule has 1 rings (SSSR count). The molecule has 0 saturated heterocycles. The van der Waals surface area contributed by atoms with Crippen LogP contribution in [0.2, 0.25) is 0 Å². The molecule has 0 fully saturated rings. The monoisotopic (exact) mass is 184 g/mol. The topological polar surface area (TPSA) is 65.1 Å². The van der Waals surface area contributed by atoms with Gasteiger partial charge in [-0.3, -0.25) is 16.0 Å². The minimum absolute atomic E-state index is 0.119. The number of aryl methyl sites for hydroxylation is 1. The highest BCUT2D eigenvalue weighted by molar-refractivity contribution is 5.09. The van der Waals surface area contributed by atoms with Gasteiger partial charge in [-0.15, -0.1) is 0 Å². The Morgan fingerprint density at radius 3 is 3.00 bits per heavy atom. The van der Waals surface area contributed by atoms with Crippen molar-refractivity contribution in [3.05, 3.63) is 18.0 Å². The van der Waals surface area contributed by atoms with Crippen LogP contribution >= 0.6 is 0 Å². The second-order valence-corrected chi connectivity index (χ2v) is 2.95. The maximum absolute atomic E-state index is 5.41. The smallest absolute Gasteiger partial charge is 0.0538 e. The molecule has 1 heterocycles. The fourth-order valence-corrected chi connectivity index (χ4v) is 1.20. The number of aromatic nitrogens is 2. The molecule has 5 nitrogen and oxygen atoms in total. The van der Waals surface area contributed by atoms with E-state index in [2.05, 4.69) is 10.5 Å². The lowest BCUT2D eigenvalue weighted by molar-refractivity contribution is 0.183. The predicted molar refractivity (Wildman–Crippen MR) is 49.8 cm³/mol. The van der Waals surface area contributed by atoms with Crippen LogP contribution in [-0.2, 0) is 11.8 Å². The van der Waals surface area contributed by atoms with Crippen LogP contribution in [0.5, 0.6) is 0 Å². The third-order valence-corrected chi connectivity index (χ3v) is 1.94. The molecule has 0 aliphatic carbocycles. The molecule has 1 aromatic heterocycles. The quantitative estimate of drug-likeness (QED) is 0.498. The Bertz CT molecular complexity index is 248. The molecule has 0 aliphatic rings. The van der Waals surface area contributed by atoms with Gasteiger partial charge in [-0.25, -0.2) is 0 Å². The van der Waals surface area contributed by atoms with Gasteiger partial charge in [0.15, 0.2) is 0 Å². The number of nitrogens with zero attached hydrogens (tertiary/aromatic N) is 2. The van der Waals surface area contributed by atoms with Crippen molar-refractivity contribution in [1.82, 2.24) is 15.2 Å². The lowest BCUT2D eigenvalue weighted by atomic mass is 10.1. The Balaban J connectivity index is 2.56. The lowest BCUT2D eigenvalue weighted by Crippen LogP contribution is -2.28. The number of ether oxygens (including phenoxy) is 1. The summed E-state index contributed by atoms with van der Waals surface area (Å²) in [6.07, 6.45) is 4.60. The van der Waals surface area contributed by atoms with Crippen molar-refractivity contribution in [2.24, 2.45) is 12.9 Å². The van der Waals surface area contributed by atoms with E-state index < -0.39 is 0 Å². The van der Waals surface area contributed by atoms with E-state index in [1.54, 1.807) is 18.0 Å². The fourth-order valence-electron chi connectivity index (χ4n) is 1.20. The number of nitrogens with two attached hydrogens (primary N) is 1. The molecule has 13 heavy (non-hydrogen) atoms. The van der Waals surface area contributed by atoms with Crippen molar-refractivity contribution in [2.45, 2.75) is 12.5 Å². The largest absolute Gasteiger partial charge is 0.385 e. The van der Waals surface area contributed by atoms with E-state index in [4.69, 9.17) is 10.6 Å². The summed E-state index contributed by atoms with van der Waals surface area (Å²) in [6, 6.07) is 0.119. The Kier molecular flexibility index (Phi) is 3.88. The van der Waals surface area contributed by atoms with Crippen molar-refractivity contribution in [1.29, 1.82) is 0 Å². The van der Waals surface area contributed by atoms with Crippen LogP contribution < -0.4 is 11.3 Å². The van der Waals surface area contributed by atoms with E-state index in [0.717, 1.165) is 12.0 Å². The van der Waals surface area contributed by atoms with Crippen molar-refractivity contribution < 1.29 is 4.74 Å². The fraction of sp³-hybridized carbons (Fsp3) is 0.625. The van der Waals surface area contributed by atoms with E-state index >= 15 is 0 Å². The minimum atomic E-state index is 0.119. The first kappa shape index (κ1) is 10.2. The standard InChI is InChI=1S/C8H16N4O/c1-12-6-7(5-10-12)8(11-9)3-4-13-2/h5-6,8,11H,3-4,9H2,1-2H3. The van der Waals surface area contributed by atoms with Gasteiger partial charge in [0.05, 0.1) is 12.2 Å². The van der Waals surface area contributed by atoms with Gasteiger partial charge in [0.25, 0.3) is 0 Å². The maximum Gasteiger partial charge on any atom is 0.0538 e. The number of hydrogen-bond acceptors (Lipinski definition) is 4. The normalized spacial score (nSPS) is 13.2. The van der Waals surface area contributed by atoms with Crippen LogP contribution in [0, 0.1) is 0 Å². The second kappa shape index (κ2) is 4.96. The van der Waals surface area contributed by atoms with E-state index in [-0.39, 0.29) is 6.04 Å². The van der Waals surface area contributed by atoms with Crippen LogP contribution in [0.4, 0.5) is 0 Å². The van der Waals surface area contributed by atoms with E-state index in [9.17, 15) is 0 Å². The second-order valence-electron chi connectivity index (χ2n) is 2.95. The van der Waals surface area contributed by atoms with E-state index in [1.807, 2.05) is 13.2 Å². The molecular weight excluding hydrogens is 168 g/mol. The van der Waals surface area contributed by atoms with Gasteiger partial charge >= 0.3 is 0 Å². The van der Waals surface area contributed by atoms with Gasteiger partial charge in [-0.05, 0) is 6.42 Å². The van der Waals surface area contributed by atoms with Gasteiger partial charge < -0.3 is 4.74 Å². The minimum Gasteiger partial charge on any atom is -0.385 e. The summed E-state index contributed by atoms with van der Waals surface area (Å²) in [7, 11) is 3.56. The number of nitrogens with one attached hydrogen (secondary N) is 1. The van der Waals surface area contributed by atoms with Gasteiger partial charge in [0, 0.05) is 32.5 Å². The zero-order valence-electron chi connectivity index (χ0n) is 8.03. The average molecular weight is 184 g/mol. The van der Waals surface area contributed by atoms with Crippen molar-refractivity contribution >= 4 is 0 Å². The SMILES string of the molecule is COCCC(NN)c1cnn(C)c1. The molecule has 0 radical (unpaired) electrons. The number of methoxy groups -OCH3 is 1. The molecule has 74 valence electrons. The Morgan fingerprint density at radius 2 is 2.54 bits per heavy atom. The van der Waals surface area contributed by atoms with Crippen LogP contribution in [0.3, 0.4) is 0 Å². The van der Waals surface area contributed by atoms with Crippen LogP contribution in [0.1, 0.15) is 18.0 Å². The summed E-state index contributed by atoms with van der Waals surface area (Å²) >= 11 is 0. The van der Waals surface area contributed by atoms with Crippen LogP contribution in [0.15, 0.2) is 12.4 Å².